The zero-order chi connectivity index (χ0) is 12.8. The number of carbonyl (C=O) groups excluding carboxylic acids is 1. The van der Waals surface area contributed by atoms with E-state index in [1.54, 1.807) is 18.7 Å². The van der Waals surface area contributed by atoms with Gasteiger partial charge in [-0.1, -0.05) is 18.2 Å². The lowest BCUT2D eigenvalue weighted by Crippen LogP contribution is -2.13. The number of thioether (sulfide) groups is 1. The molecule has 1 aromatic carbocycles. The number of anilines is 1. The van der Waals surface area contributed by atoms with E-state index in [1.165, 1.54) is 4.90 Å². The van der Waals surface area contributed by atoms with Gasteiger partial charge >= 0.3 is 0 Å². The van der Waals surface area contributed by atoms with Crippen LogP contribution in [0.2, 0.25) is 0 Å². The van der Waals surface area contributed by atoms with Crippen LogP contribution in [-0.4, -0.2) is 26.8 Å². The molecule has 0 bridgehead atoms. The number of aromatic nitrogens is 3. The Balaban J connectivity index is 1.72. The van der Waals surface area contributed by atoms with Crippen LogP contribution in [-0.2, 0) is 4.79 Å². The molecule has 0 aliphatic carbocycles. The van der Waals surface area contributed by atoms with Gasteiger partial charge in [0.1, 0.15) is 5.82 Å². The van der Waals surface area contributed by atoms with Crippen LogP contribution in [0.25, 0.3) is 0 Å². The number of H-pyrrole nitrogens is 1. The number of amides is 1. The van der Waals surface area contributed by atoms with Gasteiger partial charge in [0.15, 0.2) is 0 Å². The summed E-state index contributed by atoms with van der Waals surface area (Å²) >= 11 is 1.66. The number of hydrogen-bond donors (Lipinski definition) is 2. The first-order chi connectivity index (χ1) is 8.74. The average molecular weight is 262 g/mol. The molecular formula is C12H14N4OS. The van der Waals surface area contributed by atoms with Crippen LogP contribution in [0.4, 0.5) is 5.95 Å². The van der Waals surface area contributed by atoms with Gasteiger partial charge < -0.3 is 0 Å². The van der Waals surface area contributed by atoms with E-state index in [-0.39, 0.29) is 5.91 Å². The van der Waals surface area contributed by atoms with Gasteiger partial charge in [0.25, 0.3) is 0 Å². The molecule has 0 unspecified atom stereocenters. The van der Waals surface area contributed by atoms with Crippen molar-refractivity contribution in [3.8, 4) is 0 Å². The second-order valence-corrected chi connectivity index (χ2v) is 4.87. The maximum Gasteiger partial charge on any atom is 0.248 e. The van der Waals surface area contributed by atoms with Gasteiger partial charge in [0.2, 0.25) is 11.9 Å². The van der Waals surface area contributed by atoms with Crippen LogP contribution in [0.15, 0.2) is 35.2 Å². The van der Waals surface area contributed by atoms with E-state index < -0.39 is 0 Å². The molecule has 2 aromatic rings. The maximum absolute atomic E-state index is 11.6. The minimum absolute atomic E-state index is 0.0718. The molecule has 0 saturated carbocycles. The van der Waals surface area contributed by atoms with Gasteiger partial charge in [-0.15, -0.1) is 16.9 Å². The summed E-state index contributed by atoms with van der Waals surface area (Å²) in [6, 6.07) is 10.0. The Bertz CT molecular complexity index is 512. The van der Waals surface area contributed by atoms with Crippen LogP contribution in [0.1, 0.15) is 12.2 Å². The Morgan fingerprint density at radius 3 is 2.83 bits per heavy atom. The van der Waals surface area contributed by atoms with Crippen LogP contribution in [0.5, 0.6) is 0 Å². The Labute approximate surface area is 109 Å². The highest BCUT2D eigenvalue weighted by atomic mass is 32.2. The molecule has 0 atom stereocenters. The fourth-order valence-corrected chi connectivity index (χ4v) is 2.24. The first-order valence-electron chi connectivity index (χ1n) is 5.61. The summed E-state index contributed by atoms with van der Waals surface area (Å²) < 4.78 is 0. The van der Waals surface area contributed by atoms with Gasteiger partial charge in [-0.3, -0.25) is 15.2 Å². The van der Waals surface area contributed by atoms with E-state index >= 15 is 0 Å². The molecule has 6 heteroatoms. The van der Waals surface area contributed by atoms with Crippen LogP contribution in [0, 0.1) is 6.92 Å². The molecule has 0 fully saturated rings. The summed E-state index contributed by atoms with van der Waals surface area (Å²) in [6.07, 6.45) is 0.438. The molecule has 1 heterocycles. The first-order valence-corrected chi connectivity index (χ1v) is 6.59. The summed E-state index contributed by atoms with van der Waals surface area (Å²) in [4.78, 5) is 16.8. The molecule has 5 nitrogen and oxygen atoms in total. The molecule has 2 N–H and O–H groups in total. The van der Waals surface area contributed by atoms with E-state index in [9.17, 15) is 4.79 Å². The Morgan fingerprint density at radius 2 is 2.17 bits per heavy atom. The van der Waals surface area contributed by atoms with Gasteiger partial charge in [0.05, 0.1) is 0 Å². The molecule has 94 valence electrons. The number of hydrogen-bond acceptors (Lipinski definition) is 4. The third kappa shape index (κ3) is 3.89. The van der Waals surface area contributed by atoms with Crippen molar-refractivity contribution in [2.75, 3.05) is 11.1 Å². The Hall–Kier alpha value is -1.82. The van der Waals surface area contributed by atoms with E-state index in [4.69, 9.17) is 0 Å². The summed E-state index contributed by atoms with van der Waals surface area (Å²) in [5, 5.41) is 9.17. The van der Waals surface area contributed by atoms with Crippen molar-refractivity contribution in [1.82, 2.24) is 15.2 Å². The zero-order valence-corrected chi connectivity index (χ0v) is 10.8. The van der Waals surface area contributed by atoms with Crippen molar-refractivity contribution < 1.29 is 4.79 Å². The minimum atomic E-state index is -0.0718. The Morgan fingerprint density at radius 1 is 1.39 bits per heavy atom. The van der Waals surface area contributed by atoms with Crippen molar-refractivity contribution in [3.05, 3.63) is 36.2 Å². The fourth-order valence-electron chi connectivity index (χ4n) is 1.36. The van der Waals surface area contributed by atoms with Gasteiger partial charge in [0, 0.05) is 17.1 Å². The molecule has 0 radical (unpaired) electrons. The van der Waals surface area contributed by atoms with Crippen LogP contribution >= 0.6 is 11.8 Å². The van der Waals surface area contributed by atoms with Crippen molar-refractivity contribution >= 4 is 23.6 Å². The molecule has 0 saturated heterocycles. The lowest BCUT2D eigenvalue weighted by atomic mass is 10.4. The first kappa shape index (κ1) is 12.6. The topological polar surface area (TPSA) is 70.7 Å². The van der Waals surface area contributed by atoms with E-state index in [0.717, 1.165) is 5.75 Å². The third-order valence-electron chi connectivity index (χ3n) is 2.19. The van der Waals surface area contributed by atoms with Crippen molar-refractivity contribution in [2.45, 2.75) is 18.2 Å². The molecule has 0 aliphatic rings. The number of nitrogens with zero attached hydrogens (tertiary/aromatic N) is 2. The third-order valence-corrected chi connectivity index (χ3v) is 3.20. The molecule has 2 rings (SSSR count). The second kappa shape index (κ2) is 6.20. The van der Waals surface area contributed by atoms with Crippen LogP contribution < -0.4 is 5.32 Å². The molecule has 18 heavy (non-hydrogen) atoms. The second-order valence-electron chi connectivity index (χ2n) is 3.70. The molecule has 0 spiro atoms. The molecule has 1 aromatic heterocycles. The van der Waals surface area contributed by atoms with E-state index in [2.05, 4.69) is 20.5 Å². The normalized spacial score (nSPS) is 10.3. The number of aromatic amines is 1. The number of benzene rings is 1. The average Bonchev–Trinajstić information content (AvgIpc) is 2.76. The van der Waals surface area contributed by atoms with Crippen molar-refractivity contribution in [1.29, 1.82) is 0 Å². The highest BCUT2D eigenvalue weighted by Crippen LogP contribution is 2.17. The fraction of sp³-hybridized carbons (Fsp3) is 0.250. The lowest BCUT2D eigenvalue weighted by molar-refractivity contribution is -0.115. The standard InChI is InChI=1S/C12H14N4OS/c1-9-13-12(16-15-9)14-11(17)7-8-18-10-5-3-2-4-6-10/h2-6H,7-8H2,1H3,(H2,13,14,15,16,17). The molecule has 1 amide bonds. The quantitative estimate of drug-likeness (QED) is 0.811. The predicted molar refractivity (Wildman–Crippen MR) is 71.5 cm³/mol. The molecule has 0 aliphatic heterocycles. The monoisotopic (exact) mass is 262 g/mol. The largest absolute Gasteiger partial charge is 0.293 e. The summed E-state index contributed by atoms with van der Waals surface area (Å²) in [5.41, 5.74) is 0. The summed E-state index contributed by atoms with van der Waals surface area (Å²) in [5.74, 6) is 1.68. The zero-order valence-electron chi connectivity index (χ0n) is 10.0. The lowest BCUT2D eigenvalue weighted by Gasteiger charge is -2.01. The number of carbonyl (C=O) groups is 1. The van der Waals surface area contributed by atoms with E-state index in [0.29, 0.717) is 18.2 Å². The summed E-state index contributed by atoms with van der Waals surface area (Å²) in [7, 11) is 0. The highest BCUT2D eigenvalue weighted by Gasteiger charge is 2.05. The van der Waals surface area contributed by atoms with Crippen molar-refractivity contribution in [2.24, 2.45) is 0 Å². The van der Waals surface area contributed by atoms with Gasteiger partial charge in [-0.2, -0.15) is 4.98 Å². The number of rotatable bonds is 5. The van der Waals surface area contributed by atoms with Gasteiger partial charge in [-0.05, 0) is 19.1 Å². The number of nitrogens with one attached hydrogen (secondary N) is 2. The van der Waals surface area contributed by atoms with Crippen molar-refractivity contribution in [3.63, 3.8) is 0 Å². The smallest absolute Gasteiger partial charge is 0.248 e. The SMILES string of the molecule is Cc1nc(NC(=O)CCSc2ccccc2)n[nH]1. The van der Waals surface area contributed by atoms with Gasteiger partial charge in [-0.25, -0.2) is 0 Å². The van der Waals surface area contributed by atoms with E-state index in [1.807, 2.05) is 30.3 Å². The maximum atomic E-state index is 11.6. The number of aryl methyl sites for hydroxylation is 1. The molecular weight excluding hydrogens is 248 g/mol. The van der Waals surface area contributed by atoms with Crippen LogP contribution in [0.3, 0.4) is 0 Å². The summed E-state index contributed by atoms with van der Waals surface area (Å²) in [6.45, 7) is 1.79. The minimum Gasteiger partial charge on any atom is -0.293 e. The Kier molecular flexibility index (Phi) is 4.35. The highest BCUT2D eigenvalue weighted by molar-refractivity contribution is 7.99. The predicted octanol–water partition coefficient (Wildman–Crippen LogP) is 2.23.